The van der Waals surface area contributed by atoms with Gasteiger partial charge in [0.25, 0.3) is 5.91 Å². The van der Waals surface area contributed by atoms with Gasteiger partial charge in [0.1, 0.15) is 4.88 Å². The van der Waals surface area contributed by atoms with Crippen molar-refractivity contribution in [3.63, 3.8) is 0 Å². The van der Waals surface area contributed by atoms with Crippen LogP contribution in [0, 0.1) is 0 Å². The van der Waals surface area contributed by atoms with Gasteiger partial charge in [0, 0.05) is 38.6 Å². The van der Waals surface area contributed by atoms with Crippen molar-refractivity contribution in [1.29, 1.82) is 0 Å². The Kier molecular flexibility index (Phi) is 4.40. The Labute approximate surface area is 148 Å². The first-order chi connectivity index (χ1) is 12.3. The second-order valence-corrected chi connectivity index (χ2v) is 6.59. The summed E-state index contributed by atoms with van der Waals surface area (Å²) in [6, 6.07) is 3.70. The summed E-state index contributed by atoms with van der Waals surface area (Å²) in [5.74, 6) is -0.173. The predicted octanol–water partition coefficient (Wildman–Crippen LogP) is 1.39. The number of hydrogen-bond acceptors (Lipinski definition) is 7. The molecule has 1 aliphatic heterocycles. The third kappa shape index (κ3) is 3.52. The number of piperazine rings is 1. The van der Waals surface area contributed by atoms with Gasteiger partial charge in [0.05, 0.1) is 30.0 Å². The zero-order valence-electron chi connectivity index (χ0n) is 13.4. The Morgan fingerprint density at radius 2 is 2.00 bits per heavy atom. The van der Waals surface area contributed by atoms with E-state index in [9.17, 15) is 4.79 Å². The summed E-state index contributed by atoms with van der Waals surface area (Å²) in [7, 11) is 0. The molecule has 1 amide bonds. The standard InChI is InChI=1S/C16H17N7OS/c24-15(14-10-19-16(25-14)22-7-5-18-6-8-22)21-12-9-20-23(11-12)13-1-3-17-4-2-13/h1-4,9-11,18H,5-8H2,(H,21,24). The maximum absolute atomic E-state index is 12.4. The highest BCUT2D eigenvalue weighted by atomic mass is 32.1. The average molecular weight is 355 g/mol. The number of amides is 1. The Morgan fingerprint density at radius 1 is 1.20 bits per heavy atom. The highest BCUT2D eigenvalue weighted by Gasteiger charge is 2.17. The van der Waals surface area contributed by atoms with Gasteiger partial charge in [-0.05, 0) is 12.1 Å². The molecule has 3 aromatic heterocycles. The largest absolute Gasteiger partial charge is 0.346 e. The van der Waals surface area contributed by atoms with E-state index in [2.05, 4.69) is 30.6 Å². The van der Waals surface area contributed by atoms with Gasteiger partial charge in [-0.2, -0.15) is 5.10 Å². The van der Waals surface area contributed by atoms with Crippen LogP contribution in [0.3, 0.4) is 0 Å². The molecule has 1 aliphatic rings. The van der Waals surface area contributed by atoms with Crippen LogP contribution in [-0.2, 0) is 0 Å². The molecule has 25 heavy (non-hydrogen) atoms. The van der Waals surface area contributed by atoms with Crippen LogP contribution in [0.25, 0.3) is 5.69 Å². The Morgan fingerprint density at radius 3 is 2.80 bits per heavy atom. The Balaban J connectivity index is 1.44. The molecule has 0 spiro atoms. The molecular formula is C16H17N7OS. The summed E-state index contributed by atoms with van der Waals surface area (Å²) in [5.41, 5.74) is 1.52. The Bertz CT molecular complexity index is 854. The van der Waals surface area contributed by atoms with Crippen molar-refractivity contribution >= 4 is 28.1 Å². The third-order valence-electron chi connectivity index (χ3n) is 3.87. The maximum Gasteiger partial charge on any atom is 0.267 e. The Hall–Kier alpha value is -2.78. The minimum atomic E-state index is -0.173. The van der Waals surface area contributed by atoms with E-state index in [0.717, 1.165) is 37.0 Å². The highest BCUT2D eigenvalue weighted by molar-refractivity contribution is 7.17. The molecule has 8 nitrogen and oxygen atoms in total. The fraction of sp³-hybridized carbons (Fsp3) is 0.250. The summed E-state index contributed by atoms with van der Waals surface area (Å²) >= 11 is 1.41. The van der Waals surface area contributed by atoms with Crippen LogP contribution in [0.1, 0.15) is 9.67 Å². The second kappa shape index (κ2) is 6.99. The molecule has 0 unspecified atom stereocenters. The van der Waals surface area contributed by atoms with Gasteiger partial charge in [-0.15, -0.1) is 0 Å². The molecule has 0 radical (unpaired) electrons. The summed E-state index contributed by atoms with van der Waals surface area (Å²) in [6.45, 7) is 3.70. The average Bonchev–Trinajstić information content (AvgIpc) is 3.33. The molecule has 3 aromatic rings. The van der Waals surface area contributed by atoms with Crippen LogP contribution in [-0.4, -0.2) is 51.8 Å². The molecule has 0 saturated carbocycles. The number of aromatic nitrogens is 4. The number of carbonyl (C=O) groups is 1. The van der Waals surface area contributed by atoms with E-state index in [1.165, 1.54) is 11.3 Å². The van der Waals surface area contributed by atoms with Gasteiger partial charge >= 0.3 is 0 Å². The van der Waals surface area contributed by atoms with Gasteiger partial charge in [0.2, 0.25) is 0 Å². The first kappa shape index (κ1) is 15.7. The van der Waals surface area contributed by atoms with E-state index in [-0.39, 0.29) is 5.91 Å². The SMILES string of the molecule is O=C(Nc1cnn(-c2ccncc2)c1)c1cnc(N2CCNCC2)s1. The van der Waals surface area contributed by atoms with Crippen molar-refractivity contribution in [3.8, 4) is 5.69 Å². The van der Waals surface area contributed by atoms with E-state index in [0.29, 0.717) is 10.6 Å². The molecule has 1 fully saturated rings. The lowest BCUT2D eigenvalue weighted by Crippen LogP contribution is -2.43. The minimum absolute atomic E-state index is 0.173. The van der Waals surface area contributed by atoms with Crippen LogP contribution >= 0.6 is 11.3 Å². The molecule has 9 heteroatoms. The van der Waals surface area contributed by atoms with E-state index in [1.807, 2.05) is 12.1 Å². The number of nitrogens with zero attached hydrogens (tertiary/aromatic N) is 5. The second-order valence-electron chi connectivity index (χ2n) is 5.58. The molecule has 4 rings (SSSR count). The highest BCUT2D eigenvalue weighted by Crippen LogP contribution is 2.23. The molecule has 0 atom stereocenters. The van der Waals surface area contributed by atoms with Gasteiger partial charge in [-0.25, -0.2) is 9.67 Å². The van der Waals surface area contributed by atoms with Gasteiger partial charge in [-0.1, -0.05) is 11.3 Å². The molecule has 4 heterocycles. The van der Waals surface area contributed by atoms with Crippen molar-refractivity contribution in [2.24, 2.45) is 0 Å². The predicted molar refractivity (Wildman–Crippen MR) is 96.5 cm³/mol. The fourth-order valence-corrected chi connectivity index (χ4v) is 3.45. The smallest absolute Gasteiger partial charge is 0.267 e. The van der Waals surface area contributed by atoms with Crippen LogP contribution in [0.15, 0.2) is 43.1 Å². The lowest BCUT2D eigenvalue weighted by Gasteiger charge is -2.26. The fourth-order valence-electron chi connectivity index (χ4n) is 2.59. The molecule has 128 valence electrons. The number of hydrogen-bond donors (Lipinski definition) is 2. The first-order valence-corrected chi connectivity index (χ1v) is 8.79. The van der Waals surface area contributed by atoms with Gasteiger partial charge in [-0.3, -0.25) is 9.78 Å². The molecule has 0 aliphatic carbocycles. The monoisotopic (exact) mass is 355 g/mol. The number of rotatable bonds is 4. The van der Waals surface area contributed by atoms with Crippen LogP contribution in [0.4, 0.5) is 10.8 Å². The van der Waals surface area contributed by atoms with Crippen molar-refractivity contribution in [3.05, 3.63) is 48.0 Å². The molecule has 0 aromatic carbocycles. The molecule has 2 N–H and O–H groups in total. The number of nitrogens with one attached hydrogen (secondary N) is 2. The normalized spacial score (nSPS) is 14.5. The quantitative estimate of drug-likeness (QED) is 0.735. The van der Waals surface area contributed by atoms with Crippen molar-refractivity contribution in [1.82, 2.24) is 25.1 Å². The van der Waals surface area contributed by atoms with E-state index >= 15 is 0 Å². The van der Waals surface area contributed by atoms with E-state index in [4.69, 9.17) is 0 Å². The first-order valence-electron chi connectivity index (χ1n) is 7.97. The molecule has 0 bridgehead atoms. The summed E-state index contributed by atoms with van der Waals surface area (Å²) in [4.78, 5) is 23.6. The third-order valence-corrected chi connectivity index (χ3v) is 4.93. The van der Waals surface area contributed by atoms with Crippen molar-refractivity contribution in [2.75, 3.05) is 36.4 Å². The molecular weight excluding hydrogens is 338 g/mol. The van der Waals surface area contributed by atoms with Crippen molar-refractivity contribution in [2.45, 2.75) is 0 Å². The summed E-state index contributed by atoms with van der Waals surface area (Å²) in [5, 5.41) is 11.3. The molecule has 1 saturated heterocycles. The summed E-state index contributed by atoms with van der Waals surface area (Å²) in [6.07, 6.45) is 8.42. The topological polar surface area (TPSA) is 88.0 Å². The number of pyridine rings is 1. The van der Waals surface area contributed by atoms with Crippen molar-refractivity contribution < 1.29 is 4.79 Å². The van der Waals surface area contributed by atoms with Gasteiger partial charge < -0.3 is 15.5 Å². The zero-order chi connectivity index (χ0) is 17.1. The number of anilines is 2. The van der Waals surface area contributed by atoms with E-state index < -0.39 is 0 Å². The van der Waals surface area contributed by atoms with Crippen LogP contribution in [0.5, 0.6) is 0 Å². The number of carbonyl (C=O) groups excluding carboxylic acids is 1. The van der Waals surface area contributed by atoms with E-state index in [1.54, 1.807) is 35.7 Å². The van der Waals surface area contributed by atoms with Crippen LogP contribution < -0.4 is 15.5 Å². The van der Waals surface area contributed by atoms with Gasteiger partial charge in [0.15, 0.2) is 5.13 Å². The maximum atomic E-state index is 12.4. The minimum Gasteiger partial charge on any atom is -0.346 e. The zero-order valence-corrected chi connectivity index (χ0v) is 14.2. The lowest BCUT2D eigenvalue weighted by molar-refractivity contribution is 0.103. The van der Waals surface area contributed by atoms with Crippen LogP contribution in [0.2, 0.25) is 0 Å². The number of thiazole rings is 1. The summed E-state index contributed by atoms with van der Waals surface area (Å²) < 4.78 is 1.69. The lowest BCUT2D eigenvalue weighted by atomic mass is 10.4.